The Kier molecular flexibility index (Phi) is 3.66. The zero-order valence-electron chi connectivity index (χ0n) is 9.80. The molecule has 0 radical (unpaired) electrons. The molecule has 1 aliphatic rings. The van der Waals surface area contributed by atoms with Crippen molar-refractivity contribution in [1.82, 2.24) is 5.32 Å². The first-order valence-corrected chi connectivity index (χ1v) is 5.68. The summed E-state index contributed by atoms with van der Waals surface area (Å²) < 4.78 is 5.43. The lowest BCUT2D eigenvalue weighted by atomic mass is 10.0. The van der Waals surface area contributed by atoms with Gasteiger partial charge >= 0.3 is 0 Å². The number of hydrogen-bond donors (Lipinski definition) is 3. The monoisotopic (exact) mass is 249 g/mol. The van der Waals surface area contributed by atoms with Crippen LogP contribution in [-0.4, -0.2) is 30.1 Å². The Labute approximate surface area is 104 Å². The van der Waals surface area contributed by atoms with Crippen LogP contribution in [0, 0.1) is 0 Å². The van der Waals surface area contributed by atoms with Gasteiger partial charge in [-0.3, -0.25) is 4.79 Å². The SMILES string of the molecule is NC(CCNC(=O)C1COc2ccccc21)=NO. The number of hydrogen-bond acceptors (Lipinski definition) is 4. The molecular weight excluding hydrogens is 234 g/mol. The van der Waals surface area contributed by atoms with E-state index < -0.39 is 0 Å². The molecule has 6 nitrogen and oxygen atoms in total. The van der Waals surface area contributed by atoms with Crippen LogP contribution in [0.15, 0.2) is 29.4 Å². The minimum absolute atomic E-state index is 0.0957. The molecule has 1 unspecified atom stereocenters. The number of ether oxygens (including phenoxy) is 1. The molecule has 0 spiro atoms. The van der Waals surface area contributed by atoms with E-state index in [4.69, 9.17) is 15.7 Å². The number of amides is 1. The molecule has 1 atom stereocenters. The molecule has 0 saturated carbocycles. The van der Waals surface area contributed by atoms with Crippen LogP contribution < -0.4 is 15.8 Å². The van der Waals surface area contributed by atoms with Crippen LogP contribution >= 0.6 is 0 Å². The second-order valence-corrected chi connectivity index (χ2v) is 4.03. The van der Waals surface area contributed by atoms with Crippen LogP contribution in [0.5, 0.6) is 5.75 Å². The summed E-state index contributed by atoms with van der Waals surface area (Å²) in [6.07, 6.45) is 0.317. The van der Waals surface area contributed by atoms with Gasteiger partial charge in [0.05, 0.1) is 0 Å². The summed E-state index contributed by atoms with van der Waals surface area (Å²) in [5.41, 5.74) is 6.21. The minimum Gasteiger partial charge on any atom is -0.492 e. The van der Waals surface area contributed by atoms with Gasteiger partial charge in [-0.05, 0) is 6.07 Å². The maximum Gasteiger partial charge on any atom is 0.231 e. The lowest BCUT2D eigenvalue weighted by molar-refractivity contribution is -0.122. The molecule has 0 bridgehead atoms. The largest absolute Gasteiger partial charge is 0.492 e. The molecule has 96 valence electrons. The first kappa shape index (κ1) is 12.2. The fourth-order valence-corrected chi connectivity index (χ4v) is 1.87. The van der Waals surface area contributed by atoms with Gasteiger partial charge in [0.2, 0.25) is 5.91 Å². The Morgan fingerprint density at radius 3 is 3.11 bits per heavy atom. The van der Waals surface area contributed by atoms with Crippen LogP contribution in [-0.2, 0) is 4.79 Å². The number of nitrogens with two attached hydrogens (primary N) is 1. The van der Waals surface area contributed by atoms with E-state index in [0.29, 0.717) is 19.6 Å². The Morgan fingerprint density at radius 2 is 2.33 bits per heavy atom. The van der Waals surface area contributed by atoms with Crippen molar-refractivity contribution in [2.45, 2.75) is 12.3 Å². The standard InChI is InChI=1S/C12H15N3O3/c13-11(15-17)5-6-14-12(16)9-7-18-10-4-2-1-3-8(9)10/h1-4,9,17H,5-7H2,(H2,13,15)(H,14,16). The third-order valence-corrected chi connectivity index (χ3v) is 2.83. The zero-order valence-corrected chi connectivity index (χ0v) is 9.80. The lowest BCUT2D eigenvalue weighted by Gasteiger charge is -2.09. The summed E-state index contributed by atoms with van der Waals surface area (Å²) in [5, 5.41) is 13.9. The average molecular weight is 249 g/mol. The van der Waals surface area contributed by atoms with Crippen LogP contribution in [0.4, 0.5) is 0 Å². The number of amidine groups is 1. The Bertz CT molecular complexity index is 473. The van der Waals surface area contributed by atoms with Crippen molar-refractivity contribution in [2.24, 2.45) is 10.9 Å². The van der Waals surface area contributed by atoms with Gasteiger partial charge in [0.25, 0.3) is 0 Å². The lowest BCUT2D eigenvalue weighted by Crippen LogP contribution is -2.32. The average Bonchev–Trinajstić information content (AvgIpc) is 2.82. The molecule has 0 fully saturated rings. The number of para-hydroxylation sites is 1. The number of carbonyl (C=O) groups excluding carboxylic acids is 1. The highest BCUT2D eigenvalue weighted by molar-refractivity contribution is 5.86. The molecule has 1 amide bonds. The Balaban J connectivity index is 1.92. The van der Waals surface area contributed by atoms with E-state index in [2.05, 4.69) is 10.5 Å². The topological polar surface area (TPSA) is 96.9 Å². The smallest absolute Gasteiger partial charge is 0.231 e. The molecule has 2 rings (SSSR count). The van der Waals surface area contributed by atoms with Crippen molar-refractivity contribution in [1.29, 1.82) is 0 Å². The van der Waals surface area contributed by atoms with Crippen LogP contribution in [0.2, 0.25) is 0 Å². The van der Waals surface area contributed by atoms with Gasteiger partial charge in [-0.2, -0.15) is 0 Å². The highest BCUT2D eigenvalue weighted by atomic mass is 16.5. The Hall–Kier alpha value is -2.24. The maximum atomic E-state index is 11.9. The third-order valence-electron chi connectivity index (χ3n) is 2.83. The highest BCUT2D eigenvalue weighted by Gasteiger charge is 2.29. The van der Waals surface area contributed by atoms with E-state index >= 15 is 0 Å². The second kappa shape index (κ2) is 5.39. The van der Waals surface area contributed by atoms with Crippen molar-refractivity contribution in [3.8, 4) is 5.75 Å². The summed E-state index contributed by atoms with van der Waals surface area (Å²) in [6, 6.07) is 7.48. The number of oxime groups is 1. The first-order chi connectivity index (χ1) is 8.72. The molecular formula is C12H15N3O3. The van der Waals surface area contributed by atoms with Crippen molar-refractivity contribution in [3.05, 3.63) is 29.8 Å². The normalized spacial score (nSPS) is 18.0. The van der Waals surface area contributed by atoms with E-state index in [1.165, 1.54) is 0 Å². The predicted molar refractivity (Wildman–Crippen MR) is 65.7 cm³/mol. The number of benzene rings is 1. The molecule has 6 heteroatoms. The van der Waals surface area contributed by atoms with Gasteiger partial charge in [0.15, 0.2) is 0 Å². The Morgan fingerprint density at radius 1 is 1.56 bits per heavy atom. The fraction of sp³-hybridized carbons (Fsp3) is 0.333. The van der Waals surface area contributed by atoms with Crippen molar-refractivity contribution in [3.63, 3.8) is 0 Å². The quantitative estimate of drug-likeness (QED) is 0.312. The highest BCUT2D eigenvalue weighted by Crippen LogP contribution is 2.33. The van der Waals surface area contributed by atoms with E-state index in [1.54, 1.807) is 0 Å². The maximum absolute atomic E-state index is 11.9. The van der Waals surface area contributed by atoms with Gasteiger partial charge < -0.3 is 21.0 Å². The molecule has 4 N–H and O–H groups in total. The number of nitrogens with one attached hydrogen (secondary N) is 1. The van der Waals surface area contributed by atoms with Crippen molar-refractivity contribution in [2.75, 3.05) is 13.2 Å². The van der Waals surface area contributed by atoms with Gasteiger partial charge in [-0.15, -0.1) is 0 Å². The number of nitrogens with zero attached hydrogens (tertiary/aromatic N) is 1. The number of fused-ring (bicyclic) bond motifs is 1. The molecule has 1 aliphatic heterocycles. The first-order valence-electron chi connectivity index (χ1n) is 5.68. The molecule has 0 saturated heterocycles. The summed E-state index contributed by atoms with van der Waals surface area (Å²) in [5.74, 6) is 0.464. The minimum atomic E-state index is -0.284. The second-order valence-electron chi connectivity index (χ2n) is 4.03. The third kappa shape index (κ3) is 2.53. The van der Waals surface area contributed by atoms with E-state index in [9.17, 15) is 4.79 Å². The van der Waals surface area contributed by atoms with Crippen molar-refractivity contribution >= 4 is 11.7 Å². The van der Waals surface area contributed by atoms with Gasteiger partial charge in [-0.1, -0.05) is 23.4 Å². The molecule has 0 aromatic heterocycles. The van der Waals surface area contributed by atoms with Gasteiger partial charge in [-0.25, -0.2) is 0 Å². The van der Waals surface area contributed by atoms with E-state index in [1.807, 2.05) is 24.3 Å². The zero-order chi connectivity index (χ0) is 13.0. The summed E-state index contributed by atoms with van der Waals surface area (Å²) >= 11 is 0. The van der Waals surface area contributed by atoms with E-state index in [0.717, 1.165) is 11.3 Å². The van der Waals surface area contributed by atoms with Crippen molar-refractivity contribution < 1.29 is 14.7 Å². The molecule has 18 heavy (non-hydrogen) atoms. The van der Waals surface area contributed by atoms with Crippen LogP contribution in [0.3, 0.4) is 0 Å². The summed E-state index contributed by atoms with van der Waals surface area (Å²) in [4.78, 5) is 11.9. The summed E-state index contributed by atoms with van der Waals surface area (Å²) in [7, 11) is 0. The molecule has 1 heterocycles. The molecule has 1 aromatic rings. The number of rotatable bonds is 4. The fourth-order valence-electron chi connectivity index (χ4n) is 1.87. The van der Waals surface area contributed by atoms with Gasteiger partial charge in [0.1, 0.15) is 24.1 Å². The summed E-state index contributed by atoms with van der Waals surface area (Å²) in [6.45, 7) is 0.697. The van der Waals surface area contributed by atoms with E-state index in [-0.39, 0.29) is 17.7 Å². The number of carbonyl (C=O) groups is 1. The predicted octanol–water partition coefficient (Wildman–Crippen LogP) is 0.415. The van der Waals surface area contributed by atoms with Crippen LogP contribution in [0.1, 0.15) is 17.9 Å². The van der Waals surface area contributed by atoms with Crippen LogP contribution in [0.25, 0.3) is 0 Å². The van der Waals surface area contributed by atoms with Gasteiger partial charge in [0, 0.05) is 18.5 Å². The molecule has 0 aliphatic carbocycles. The molecule has 1 aromatic carbocycles.